The molecule has 4 aromatic carbocycles. The van der Waals surface area contributed by atoms with Crippen molar-refractivity contribution < 1.29 is 24.4 Å². The summed E-state index contributed by atoms with van der Waals surface area (Å²) in [7, 11) is 0. The first kappa shape index (κ1) is 42.1. The summed E-state index contributed by atoms with van der Waals surface area (Å²) in [6, 6.07) is 33.6. The highest BCUT2D eigenvalue weighted by molar-refractivity contribution is 5.46. The second-order valence-electron chi connectivity index (χ2n) is 14.3. The van der Waals surface area contributed by atoms with Crippen LogP contribution in [0.1, 0.15) is 149 Å². The van der Waals surface area contributed by atoms with Gasteiger partial charge in [0.25, 0.3) is 0 Å². The molecule has 0 radical (unpaired) electrons. The number of aryl methyl sites for hydroxylation is 2. The van der Waals surface area contributed by atoms with Crippen LogP contribution in [-0.2, 0) is 17.6 Å². The van der Waals surface area contributed by atoms with E-state index in [2.05, 4.69) is 74.5 Å². The predicted octanol–water partition coefficient (Wildman–Crippen LogP) is 11.9. The molecule has 2 unspecified atom stereocenters. The lowest BCUT2D eigenvalue weighted by Gasteiger charge is -2.29. The fourth-order valence-corrected chi connectivity index (χ4v) is 7.09. The average molecular weight is 723 g/mol. The third-order valence-corrected chi connectivity index (χ3v) is 10.0. The van der Waals surface area contributed by atoms with Crippen molar-refractivity contribution >= 4 is 0 Å². The molecule has 5 nitrogen and oxygen atoms in total. The number of ether oxygens (including phenoxy) is 3. The van der Waals surface area contributed by atoms with Crippen molar-refractivity contribution in [3.05, 3.63) is 130 Å². The number of hydrogen-bond acceptors (Lipinski definition) is 5. The summed E-state index contributed by atoms with van der Waals surface area (Å²) < 4.78 is 19.9. The van der Waals surface area contributed by atoms with Crippen molar-refractivity contribution in [3.63, 3.8) is 0 Å². The molecule has 5 heteroatoms. The van der Waals surface area contributed by atoms with Gasteiger partial charge in [0, 0.05) is 11.1 Å². The summed E-state index contributed by atoms with van der Waals surface area (Å²) >= 11 is 0. The Morgan fingerprint density at radius 2 is 0.830 bits per heavy atom. The molecule has 0 heterocycles. The Kier molecular flexibility index (Phi) is 20.2. The van der Waals surface area contributed by atoms with Crippen molar-refractivity contribution in [3.8, 4) is 11.5 Å². The quantitative estimate of drug-likeness (QED) is 0.0571. The summed E-state index contributed by atoms with van der Waals surface area (Å²) in [5.41, 5.74) is 6.33. The van der Waals surface area contributed by atoms with E-state index in [0.29, 0.717) is 0 Å². The van der Waals surface area contributed by atoms with Crippen LogP contribution in [0.15, 0.2) is 97.1 Å². The van der Waals surface area contributed by atoms with Gasteiger partial charge in [-0.2, -0.15) is 0 Å². The predicted molar refractivity (Wildman–Crippen MR) is 219 cm³/mol. The standard InChI is InChI=1S/C48H66O5/c1-3-5-7-9-11-13-17-23-39-29-31-43(45(37-39)51-35-33-49)47(41-25-19-15-20-26-41)53-48(42-27-21-16-22-28-42)44-32-30-40(38-46(44)52-36-34-50)24-18-14-12-10-8-6-4-2/h15-16,19-22,25-32,37-38,47-50H,3-14,17-18,23-24,33-36H2,1-2H3. The van der Waals surface area contributed by atoms with E-state index in [4.69, 9.17) is 14.2 Å². The van der Waals surface area contributed by atoms with E-state index in [1.165, 1.54) is 88.2 Å². The molecule has 0 amide bonds. The zero-order valence-electron chi connectivity index (χ0n) is 32.7. The second kappa shape index (κ2) is 25.4. The van der Waals surface area contributed by atoms with Crippen LogP contribution in [0.5, 0.6) is 11.5 Å². The first-order valence-electron chi connectivity index (χ1n) is 20.7. The number of rotatable bonds is 28. The van der Waals surface area contributed by atoms with E-state index < -0.39 is 12.2 Å². The molecule has 0 fully saturated rings. The van der Waals surface area contributed by atoms with Gasteiger partial charge in [-0.25, -0.2) is 0 Å². The number of benzene rings is 4. The van der Waals surface area contributed by atoms with Gasteiger partial charge in [0.1, 0.15) is 36.9 Å². The molecule has 0 aliphatic heterocycles. The maximum Gasteiger partial charge on any atom is 0.125 e. The lowest BCUT2D eigenvalue weighted by atomic mass is 9.94. The highest BCUT2D eigenvalue weighted by atomic mass is 16.5. The first-order valence-corrected chi connectivity index (χ1v) is 20.7. The van der Waals surface area contributed by atoms with Gasteiger partial charge < -0.3 is 24.4 Å². The van der Waals surface area contributed by atoms with Crippen molar-refractivity contribution in [2.45, 2.75) is 129 Å². The van der Waals surface area contributed by atoms with E-state index >= 15 is 0 Å². The highest BCUT2D eigenvalue weighted by Gasteiger charge is 2.28. The maximum absolute atomic E-state index is 9.80. The van der Waals surface area contributed by atoms with Crippen LogP contribution in [0, 0.1) is 0 Å². The molecule has 0 saturated heterocycles. The molecule has 0 bridgehead atoms. The van der Waals surface area contributed by atoms with Crippen LogP contribution in [0.2, 0.25) is 0 Å². The van der Waals surface area contributed by atoms with E-state index in [-0.39, 0.29) is 26.4 Å². The van der Waals surface area contributed by atoms with E-state index in [0.717, 1.165) is 59.4 Å². The van der Waals surface area contributed by atoms with Gasteiger partial charge in [-0.05, 0) is 60.1 Å². The minimum Gasteiger partial charge on any atom is -0.491 e. The molecule has 0 spiro atoms. The Balaban J connectivity index is 1.65. The monoisotopic (exact) mass is 722 g/mol. The lowest BCUT2D eigenvalue weighted by molar-refractivity contribution is 0.0271. The van der Waals surface area contributed by atoms with Crippen LogP contribution in [-0.4, -0.2) is 36.6 Å². The summed E-state index contributed by atoms with van der Waals surface area (Å²) in [6.07, 6.45) is 18.8. The SMILES string of the molecule is CCCCCCCCCc1ccc(C(OC(c2ccccc2)c2ccc(CCCCCCCCC)cc2OCCO)c2ccccc2)c(OCCO)c1. The summed E-state index contributed by atoms with van der Waals surface area (Å²) in [5.74, 6) is 1.48. The zero-order valence-corrected chi connectivity index (χ0v) is 32.7. The van der Waals surface area contributed by atoms with Gasteiger partial charge in [0.15, 0.2) is 0 Å². The molecule has 0 aliphatic carbocycles. The molecular weight excluding hydrogens is 657 g/mol. The normalized spacial score (nSPS) is 12.5. The molecule has 2 N–H and O–H groups in total. The molecule has 0 aliphatic rings. The highest BCUT2D eigenvalue weighted by Crippen LogP contribution is 2.42. The molecule has 0 aromatic heterocycles. The number of hydrogen-bond donors (Lipinski definition) is 2. The van der Waals surface area contributed by atoms with Crippen LogP contribution in [0.4, 0.5) is 0 Å². The first-order chi connectivity index (χ1) is 26.2. The fraction of sp³-hybridized carbons (Fsp3) is 0.500. The van der Waals surface area contributed by atoms with Gasteiger partial charge in [0.05, 0.1) is 13.2 Å². The molecule has 288 valence electrons. The van der Waals surface area contributed by atoms with Gasteiger partial charge in [-0.1, -0.05) is 176 Å². The topological polar surface area (TPSA) is 68.2 Å². The summed E-state index contributed by atoms with van der Waals surface area (Å²) in [6.45, 7) is 4.79. The van der Waals surface area contributed by atoms with Crippen molar-refractivity contribution in [1.82, 2.24) is 0 Å². The molecule has 4 aromatic rings. The number of unbranched alkanes of at least 4 members (excludes halogenated alkanes) is 12. The van der Waals surface area contributed by atoms with Crippen LogP contribution in [0.25, 0.3) is 0 Å². The average Bonchev–Trinajstić information content (AvgIpc) is 3.20. The summed E-state index contributed by atoms with van der Waals surface area (Å²) in [5, 5.41) is 19.6. The zero-order chi connectivity index (χ0) is 37.4. The Hall–Kier alpha value is -3.64. The van der Waals surface area contributed by atoms with Gasteiger partial charge in [-0.3, -0.25) is 0 Å². The van der Waals surface area contributed by atoms with E-state index in [1.54, 1.807) is 0 Å². The van der Waals surface area contributed by atoms with E-state index in [9.17, 15) is 10.2 Å². The van der Waals surface area contributed by atoms with Gasteiger partial charge in [0.2, 0.25) is 0 Å². The van der Waals surface area contributed by atoms with Gasteiger partial charge in [-0.15, -0.1) is 0 Å². The number of aliphatic hydroxyl groups excluding tert-OH is 2. The third kappa shape index (κ3) is 14.6. The second-order valence-corrected chi connectivity index (χ2v) is 14.3. The minimum atomic E-state index is -0.471. The minimum absolute atomic E-state index is 0.0678. The number of aliphatic hydroxyl groups is 2. The fourth-order valence-electron chi connectivity index (χ4n) is 7.09. The largest absolute Gasteiger partial charge is 0.491 e. The van der Waals surface area contributed by atoms with E-state index in [1.807, 2.05) is 36.4 Å². The Morgan fingerprint density at radius 3 is 1.21 bits per heavy atom. The smallest absolute Gasteiger partial charge is 0.125 e. The van der Waals surface area contributed by atoms with Crippen LogP contribution in [0.3, 0.4) is 0 Å². The molecule has 2 atom stereocenters. The maximum atomic E-state index is 9.80. The summed E-state index contributed by atoms with van der Waals surface area (Å²) in [4.78, 5) is 0. The molecule has 4 rings (SSSR count). The van der Waals surface area contributed by atoms with Crippen molar-refractivity contribution in [1.29, 1.82) is 0 Å². The third-order valence-electron chi connectivity index (χ3n) is 10.0. The van der Waals surface area contributed by atoms with Crippen LogP contribution >= 0.6 is 0 Å². The van der Waals surface area contributed by atoms with Crippen LogP contribution < -0.4 is 9.47 Å². The lowest BCUT2D eigenvalue weighted by Crippen LogP contribution is -2.16. The molecule has 0 saturated carbocycles. The van der Waals surface area contributed by atoms with Gasteiger partial charge >= 0.3 is 0 Å². The molecule has 53 heavy (non-hydrogen) atoms. The molecular formula is C48H66O5. The Labute approximate surface area is 320 Å². The van der Waals surface area contributed by atoms with Crippen molar-refractivity contribution in [2.75, 3.05) is 26.4 Å². The Morgan fingerprint density at radius 1 is 0.453 bits per heavy atom. The van der Waals surface area contributed by atoms with Crippen molar-refractivity contribution in [2.24, 2.45) is 0 Å². The Bertz CT molecular complexity index is 1410.